The Morgan fingerprint density at radius 2 is 1.87 bits per heavy atom. The molecule has 0 radical (unpaired) electrons. The molecule has 8 nitrogen and oxygen atoms in total. The fourth-order valence-electron chi connectivity index (χ4n) is 6.01. The van der Waals surface area contributed by atoms with E-state index in [4.69, 9.17) is 4.52 Å². The molecule has 2 saturated carbocycles. The SMILES string of the molecule is O=C(N[C@@H]1CCN(C2CCCC2)C[C@H]1C(=O)NC1(c2ccccn2)CC1)c1cc(-c2ccc(F)cc2F)no1. The Hall–Kier alpha value is -3.66. The number of aromatic nitrogens is 2. The number of halogens is 2. The number of nitrogens with one attached hydrogen (secondary N) is 2. The first kappa shape index (κ1) is 25.6. The smallest absolute Gasteiger partial charge is 0.290 e. The van der Waals surface area contributed by atoms with Crippen molar-refractivity contribution in [2.24, 2.45) is 5.92 Å². The summed E-state index contributed by atoms with van der Waals surface area (Å²) in [6, 6.07) is 10.2. The molecule has 6 rings (SSSR count). The predicted molar refractivity (Wildman–Crippen MR) is 138 cm³/mol. The van der Waals surface area contributed by atoms with Crippen molar-refractivity contribution in [2.45, 2.75) is 62.6 Å². The summed E-state index contributed by atoms with van der Waals surface area (Å²) in [5, 5.41) is 10.0. The normalized spacial score (nSPS) is 22.9. The minimum absolute atomic E-state index is 0.0329. The quantitative estimate of drug-likeness (QED) is 0.471. The van der Waals surface area contributed by atoms with Gasteiger partial charge in [0.05, 0.1) is 17.2 Å². The monoisotopic (exact) mass is 535 g/mol. The second-order valence-electron chi connectivity index (χ2n) is 10.9. The molecule has 2 aromatic heterocycles. The summed E-state index contributed by atoms with van der Waals surface area (Å²) in [6.45, 7) is 1.34. The summed E-state index contributed by atoms with van der Waals surface area (Å²) in [7, 11) is 0. The van der Waals surface area contributed by atoms with Gasteiger partial charge in [0.2, 0.25) is 11.7 Å². The van der Waals surface area contributed by atoms with Gasteiger partial charge in [-0.2, -0.15) is 0 Å². The molecule has 0 unspecified atom stereocenters. The molecule has 2 aliphatic carbocycles. The van der Waals surface area contributed by atoms with E-state index in [1.807, 2.05) is 18.2 Å². The maximum atomic E-state index is 14.2. The number of carbonyl (C=O) groups is 2. The summed E-state index contributed by atoms with van der Waals surface area (Å²) in [4.78, 5) is 33.8. The molecule has 3 heterocycles. The van der Waals surface area contributed by atoms with Crippen molar-refractivity contribution in [1.82, 2.24) is 25.7 Å². The Labute approximate surface area is 225 Å². The fourth-order valence-corrected chi connectivity index (χ4v) is 6.01. The van der Waals surface area contributed by atoms with Crippen LogP contribution in [0.4, 0.5) is 8.78 Å². The van der Waals surface area contributed by atoms with Crippen LogP contribution in [-0.2, 0) is 10.3 Å². The number of benzene rings is 1. The standard InChI is InChI=1S/C29H31F2N5O3/c30-18-8-9-20(22(31)15-18)24-16-25(39-35-24)28(38)33-23-10-14-36(19-5-1-2-6-19)17-21(23)27(37)34-29(11-12-29)26-7-3-4-13-32-26/h3-4,7-9,13,15-16,19,21,23H,1-2,5-6,10-12,14,17H2,(H,33,38)(H,34,37)/t21-,23-/m1/s1. The molecule has 39 heavy (non-hydrogen) atoms. The van der Waals surface area contributed by atoms with Crippen LogP contribution in [0.15, 0.2) is 53.2 Å². The Bertz CT molecular complexity index is 1350. The van der Waals surface area contributed by atoms with Gasteiger partial charge in [-0.25, -0.2) is 8.78 Å². The highest BCUT2D eigenvalue weighted by Gasteiger charge is 2.49. The van der Waals surface area contributed by atoms with Gasteiger partial charge in [-0.15, -0.1) is 0 Å². The minimum Gasteiger partial charge on any atom is -0.350 e. The summed E-state index contributed by atoms with van der Waals surface area (Å²) < 4.78 is 32.7. The third-order valence-corrected chi connectivity index (χ3v) is 8.35. The number of pyridine rings is 1. The van der Waals surface area contributed by atoms with Gasteiger partial charge in [-0.1, -0.05) is 24.1 Å². The Kier molecular flexibility index (Phi) is 6.88. The molecule has 10 heteroatoms. The average molecular weight is 536 g/mol. The number of hydrogen-bond acceptors (Lipinski definition) is 6. The first-order valence-electron chi connectivity index (χ1n) is 13.6. The summed E-state index contributed by atoms with van der Waals surface area (Å²) in [6.07, 6.45) is 8.65. The van der Waals surface area contributed by atoms with E-state index in [-0.39, 0.29) is 22.9 Å². The molecule has 0 bridgehead atoms. The molecule has 2 amide bonds. The van der Waals surface area contributed by atoms with Gasteiger partial charge < -0.3 is 15.2 Å². The van der Waals surface area contributed by atoms with Crippen LogP contribution in [0.1, 0.15) is 61.2 Å². The molecule has 3 aliphatic rings. The first-order valence-corrected chi connectivity index (χ1v) is 13.6. The molecule has 1 saturated heterocycles. The molecule has 0 spiro atoms. The van der Waals surface area contributed by atoms with E-state index in [0.717, 1.165) is 50.1 Å². The highest BCUT2D eigenvalue weighted by Crippen LogP contribution is 2.45. The molecule has 2 N–H and O–H groups in total. The highest BCUT2D eigenvalue weighted by molar-refractivity contribution is 5.93. The zero-order valence-corrected chi connectivity index (χ0v) is 21.5. The lowest BCUT2D eigenvalue weighted by Gasteiger charge is -2.41. The molecular weight excluding hydrogens is 504 g/mol. The van der Waals surface area contributed by atoms with Crippen LogP contribution >= 0.6 is 0 Å². The summed E-state index contributed by atoms with van der Waals surface area (Å²) in [5.74, 6) is -2.69. The number of likely N-dealkylation sites (tertiary alicyclic amines) is 1. The van der Waals surface area contributed by atoms with Crippen LogP contribution in [0, 0.1) is 17.6 Å². The highest BCUT2D eigenvalue weighted by atomic mass is 19.1. The van der Waals surface area contributed by atoms with Gasteiger partial charge in [0, 0.05) is 49.1 Å². The number of piperidine rings is 1. The Balaban J connectivity index is 1.19. The van der Waals surface area contributed by atoms with Gasteiger partial charge in [0.25, 0.3) is 5.91 Å². The molecule has 2 atom stereocenters. The van der Waals surface area contributed by atoms with Gasteiger partial charge in [-0.3, -0.25) is 19.5 Å². The van der Waals surface area contributed by atoms with Gasteiger partial charge in [0.1, 0.15) is 17.3 Å². The molecule has 1 aliphatic heterocycles. The van der Waals surface area contributed by atoms with Crippen molar-refractivity contribution in [3.63, 3.8) is 0 Å². The zero-order valence-electron chi connectivity index (χ0n) is 21.5. The molecule has 3 fully saturated rings. The van der Waals surface area contributed by atoms with Crippen LogP contribution in [0.25, 0.3) is 11.3 Å². The molecule has 204 valence electrons. The topological polar surface area (TPSA) is 100 Å². The first-order chi connectivity index (χ1) is 18.9. The van der Waals surface area contributed by atoms with Gasteiger partial charge in [-0.05, 0) is 56.4 Å². The number of nitrogens with zero attached hydrogens (tertiary/aromatic N) is 3. The number of rotatable bonds is 7. The van der Waals surface area contributed by atoms with E-state index < -0.39 is 35.0 Å². The van der Waals surface area contributed by atoms with E-state index in [9.17, 15) is 18.4 Å². The van der Waals surface area contributed by atoms with Crippen molar-refractivity contribution < 1.29 is 22.9 Å². The lowest BCUT2D eigenvalue weighted by Crippen LogP contribution is -2.58. The second-order valence-corrected chi connectivity index (χ2v) is 10.9. The Morgan fingerprint density at radius 3 is 2.59 bits per heavy atom. The zero-order chi connectivity index (χ0) is 27.0. The molecular formula is C29H31F2N5O3. The van der Waals surface area contributed by atoms with E-state index >= 15 is 0 Å². The number of amides is 2. The minimum atomic E-state index is -0.798. The summed E-state index contributed by atoms with van der Waals surface area (Å²) in [5.41, 5.74) is 0.519. The lowest BCUT2D eigenvalue weighted by atomic mass is 9.89. The second kappa shape index (κ2) is 10.5. The lowest BCUT2D eigenvalue weighted by molar-refractivity contribution is -0.129. The summed E-state index contributed by atoms with van der Waals surface area (Å²) >= 11 is 0. The van der Waals surface area contributed by atoms with Gasteiger partial charge in [0.15, 0.2) is 0 Å². The Morgan fingerprint density at radius 1 is 1.05 bits per heavy atom. The van der Waals surface area contributed by atoms with Crippen molar-refractivity contribution in [3.05, 3.63) is 71.8 Å². The van der Waals surface area contributed by atoms with Crippen LogP contribution in [-0.4, -0.2) is 52.0 Å². The van der Waals surface area contributed by atoms with Crippen LogP contribution in [0.3, 0.4) is 0 Å². The van der Waals surface area contributed by atoms with Crippen molar-refractivity contribution in [2.75, 3.05) is 13.1 Å². The maximum absolute atomic E-state index is 14.2. The van der Waals surface area contributed by atoms with Gasteiger partial charge >= 0.3 is 0 Å². The van der Waals surface area contributed by atoms with Crippen molar-refractivity contribution in [1.29, 1.82) is 0 Å². The van der Waals surface area contributed by atoms with Crippen LogP contribution in [0.2, 0.25) is 0 Å². The predicted octanol–water partition coefficient (Wildman–Crippen LogP) is 4.18. The maximum Gasteiger partial charge on any atom is 0.290 e. The van der Waals surface area contributed by atoms with E-state index in [1.165, 1.54) is 25.0 Å². The number of hydrogen-bond donors (Lipinski definition) is 2. The van der Waals surface area contributed by atoms with E-state index in [1.54, 1.807) is 6.20 Å². The third kappa shape index (κ3) is 5.30. The molecule has 3 aromatic rings. The number of carbonyl (C=O) groups excluding carboxylic acids is 2. The fraction of sp³-hybridized carbons (Fsp3) is 0.448. The third-order valence-electron chi connectivity index (χ3n) is 8.35. The van der Waals surface area contributed by atoms with Crippen LogP contribution in [0.5, 0.6) is 0 Å². The van der Waals surface area contributed by atoms with E-state index in [2.05, 4.69) is 25.7 Å². The van der Waals surface area contributed by atoms with Crippen molar-refractivity contribution in [3.8, 4) is 11.3 Å². The largest absolute Gasteiger partial charge is 0.350 e. The molecule has 1 aromatic carbocycles. The van der Waals surface area contributed by atoms with E-state index in [0.29, 0.717) is 19.0 Å². The van der Waals surface area contributed by atoms with Crippen molar-refractivity contribution >= 4 is 11.8 Å². The van der Waals surface area contributed by atoms with Crippen LogP contribution < -0.4 is 10.6 Å². The average Bonchev–Trinajstić information content (AvgIpc) is 3.31.